The summed E-state index contributed by atoms with van der Waals surface area (Å²) in [6.07, 6.45) is 4.53. The van der Waals surface area contributed by atoms with E-state index in [1.165, 1.54) is 24.0 Å². The van der Waals surface area contributed by atoms with E-state index in [-0.39, 0.29) is 5.82 Å². The van der Waals surface area contributed by atoms with Crippen LogP contribution in [-0.4, -0.2) is 0 Å². The minimum atomic E-state index is -0.253. The molecule has 0 heterocycles. The molecule has 4 aromatic carbocycles. The van der Waals surface area contributed by atoms with Gasteiger partial charge in [-0.1, -0.05) is 86.7 Å². The van der Waals surface area contributed by atoms with Gasteiger partial charge in [-0.25, -0.2) is 4.39 Å². The quantitative estimate of drug-likeness (QED) is 0.295. The predicted molar refractivity (Wildman–Crippen MR) is 130 cm³/mol. The molecule has 0 fully saturated rings. The second-order valence-electron chi connectivity index (χ2n) is 7.96. The molecule has 0 N–H and O–H groups in total. The Morgan fingerprint density at radius 1 is 0.710 bits per heavy atom. The molecule has 154 valence electrons. The summed E-state index contributed by atoms with van der Waals surface area (Å²) in [5, 5.41) is 1.50. The lowest BCUT2D eigenvalue weighted by Gasteiger charge is -2.07. The number of halogens is 1. The Morgan fingerprint density at radius 3 is 2.13 bits per heavy atom. The van der Waals surface area contributed by atoms with Crippen molar-refractivity contribution in [1.82, 2.24) is 0 Å². The average molecular weight is 407 g/mol. The fourth-order valence-electron chi connectivity index (χ4n) is 3.78. The Balaban J connectivity index is 1.60. The van der Waals surface area contributed by atoms with Gasteiger partial charge < -0.3 is 0 Å². The largest absolute Gasteiger partial charge is 0.205 e. The zero-order valence-electron chi connectivity index (χ0n) is 18.2. The maximum absolute atomic E-state index is 15.1. The van der Waals surface area contributed by atoms with Crippen LogP contribution in [0.1, 0.15) is 48.9 Å². The number of fused-ring (bicyclic) bond motifs is 1. The standard InChI is InChI=1S/C30H27F/c1-3-5-6-23-11-14-25(15-12-23)27-19-20-29-28(21-27)18-17-26(30(29)31)16-13-24-9-7-22(4-2)8-10-24/h7-12,14-15,17-21H,3-6H2,1-2H3. The van der Waals surface area contributed by atoms with Gasteiger partial charge in [0.15, 0.2) is 0 Å². The molecule has 0 aliphatic carbocycles. The Bertz CT molecular complexity index is 1240. The molecular formula is C30H27F. The first-order chi connectivity index (χ1) is 15.2. The molecule has 0 radical (unpaired) electrons. The normalized spacial score (nSPS) is 10.7. The molecule has 0 amide bonds. The van der Waals surface area contributed by atoms with Crippen molar-refractivity contribution in [2.45, 2.75) is 39.5 Å². The Morgan fingerprint density at radius 2 is 1.42 bits per heavy atom. The van der Waals surface area contributed by atoms with E-state index in [9.17, 15) is 0 Å². The molecule has 4 rings (SSSR count). The van der Waals surface area contributed by atoms with Crippen molar-refractivity contribution >= 4 is 10.8 Å². The Labute approximate surface area is 184 Å². The maximum atomic E-state index is 15.1. The van der Waals surface area contributed by atoms with Gasteiger partial charge in [-0.2, -0.15) is 0 Å². The highest BCUT2D eigenvalue weighted by molar-refractivity contribution is 5.89. The minimum Gasteiger partial charge on any atom is -0.205 e. The van der Waals surface area contributed by atoms with Gasteiger partial charge in [-0.3, -0.25) is 0 Å². The summed E-state index contributed by atoms with van der Waals surface area (Å²) in [5.41, 5.74) is 6.22. The predicted octanol–water partition coefficient (Wildman–Crippen LogP) is 7.95. The number of rotatable bonds is 5. The zero-order chi connectivity index (χ0) is 21.6. The van der Waals surface area contributed by atoms with Gasteiger partial charge in [-0.15, -0.1) is 0 Å². The first kappa shape index (κ1) is 20.9. The van der Waals surface area contributed by atoms with Crippen LogP contribution in [0.4, 0.5) is 4.39 Å². The van der Waals surface area contributed by atoms with Gasteiger partial charge in [0.1, 0.15) is 5.82 Å². The fraction of sp³-hybridized carbons (Fsp3) is 0.200. The molecule has 4 aromatic rings. The van der Waals surface area contributed by atoms with E-state index in [1.807, 2.05) is 30.3 Å². The van der Waals surface area contributed by atoms with Gasteiger partial charge in [0.25, 0.3) is 0 Å². The third-order valence-electron chi connectivity index (χ3n) is 5.76. The molecule has 0 atom stereocenters. The number of benzene rings is 4. The lowest BCUT2D eigenvalue weighted by Crippen LogP contribution is -1.89. The smallest absolute Gasteiger partial charge is 0.146 e. The van der Waals surface area contributed by atoms with Crippen molar-refractivity contribution in [3.63, 3.8) is 0 Å². The number of unbranched alkanes of at least 4 members (excludes halogenated alkanes) is 1. The van der Waals surface area contributed by atoms with Crippen LogP contribution < -0.4 is 0 Å². The fourth-order valence-corrected chi connectivity index (χ4v) is 3.78. The van der Waals surface area contributed by atoms with Crippen molar-refractivity contribution < 1.29 is 4.39 Å². The van der Waals surface area contributed by atoms with E-state index >= 15 is 4.39 Å². The summed E-state index contributed by atoms with van der Waals surface area (Å²) in [7, 11) is 0. The molecular weight excluding hydrogens is 379 g/mol. The number of aryl methyl sites for hydroxylation is 2. The Hall–Kier alpha value is -3.37. The van der Waals surface area contributed by atoms with Crippen molar-refractivity contribution in [3.05, 3.63) is 107 Å². The van der Waals surface area contributed by atoms with Crippen molar-refractivity contribution in [1.29, 1.82) is 0 Å². The third kappa shape index (κ3) is 4.86. The first-order valence-corrected chi connectivity index (χ1v) is 11.1. The van der Waals surface area contributed by atoms with E-state index in [0.717, 1.165) is 34.9 Å². The van der Waals surface area contributed by atoms with E-state index in [2.05, 4.69) is 68.2 Å². The van der Waals surface area contributed by atoms with E-state index in [1.54, 1.807) is 6.07 Å². The summed E-state index contributed by atoms with van der Waals surface area (Å²) in [5.74, 6) is 5.83. The van der Waals surface area contributed by atoms with Crippen LogP contribution >= 0.6 is 0 Å². The molecule has 0 saturated heterocycles. The van der Waals surface area contributed by atoms with Gasteiger partial charge in [-0.05, 0) is 71.2 Å². The Kier molecular flexibility index (Phi) is 6.48. The molecule has 0 spiro atoms. The van der Waals surface area contributed by atoms with E-state index in [0.29, 0.717) is 10.9 Å². The van der Waals surface area contributed by atoms with Gasteiger partial charge in [0.2, 0.25) is 0 Å². The van der Waals surface area contributed by atoms with Crippen molar-refractivity contribution in [2.24, 2.45) is 0 Å². The summed E-state index contributed by atoms with van der Waals surface area (Å²) in [6, 6.07) is 26.5. The van der Waals surface area contributed by atoms with Crippen LogP contribution in [0, 0.1) is 17.7 Å². The highest BCUT2D eigenvalue weighted by atomic mass is 19.1. The van der Waals surface area contributed by atoms with Gasteiger partial charge in [0.05, 0.1) is 5.56 Å². The van der Waals surface area contributed by atoms with Crippen molar-refractivity contribution in [3.8, 4) is 23.0 Å². The summed E-state index contributed by atoms with van der Waals surface area (Å²) < 4.78 is 15.1. The number of hydrogen-bond donors (Lipinski definition) is 0. The molecule has 1 heteroatoms. The highest BCUT2D eigenvalue weighted by Crippen LogP contribution is 2.28. The molecule has 0 saturated carbocycles. The van der Waals surface area contributed by atoms with Crippen LogP contribution in [0.3, 0.4) is 0 Å². The molecule has 0 aromatic heterocycles. The zero-order valence-corrected chi connectivity index (χ0v) is 18.2. The first-order valence-electron chi connectivity index (χ1n) is 11.1. The number of hydrogen-bond acceptors (Lipinski definition) is 0. The van der Waals surface area contributed by atoms with Crippen LogP contribution in [0.5, 0.6) is 0 Å². The highest BCUT2D eigenvalue weighted by Gasteiger charge is 2.07. The maximum Gasteiger partial charge on any atom is 0.146 e. The molecule has 0 unspecified atom stereocenters. The van der Waals surface area contributed by atoms with Crippen LogP contribution in [0.25, 0.3) is 21.9 Å². The van der Waals surface area contributed by atoms with E-state index < -0.39 is 0 Å². The lowest BCUT2D eigenvalue weighted by atomic mass is 9.98. The summed E-state index contributed by atoms with van der Waals surface area (Å²) in [6.45, 7) is 4.34. The lowest BCUT2D eigenvalue weighted by molar-refractivity contribution is 0.636. The topological polar surface area (TPSA) is 0 Å². The second-order valence-corrected chi connectivity index (χ2v) is 7.96. The van der Waals surface area contributed by atoms with E-state index in [4.69, 9.17) is 0 Å². The SMILES string of the molecule is CCCCc1ccc(-c2ccc3c(F)c(C#Cc4ccc(CC)cc4)ccc3c2)cc1. The van der Waals surface area contributed by atoms with Crippen LogP contribution in [0.2, 0.25) is 0 Å². The summed E-state index contributed by atoms with van der Waals surface area (Å²) >= 11 is 0. The molecule has 31 heavy (non-hydrogen) atoms. The molecule has 0 aliphatic rings. The molecule has 0 bridgehead atoms. The average Bonchev–Trinajstić information content (AvgIpc) is 2.83. The summed E-state index contributed by atoms with van der Waals surface area (Å²) in [4.78, 5) is 0. The minimum absolute atomic E-state index is 0.253. The monoisotopic (exact) mass is 406 g/mol. The molecule has 0 nitrogen and oxygen atoms in total. The van der Waals surface area contributed by atoms with Gasteiger partial charge in [0, 0.05) is 10.9 Å². The third-order valence-corrected chi connectivity index (χ3v) is 5.76. The molecule has 0 aliphatic heterocycles. The van der Waals surface area contributed by atoms with Crippen molar-refractivity contribution in [2.75, 3.05) is 0 Å². The van der Waals surface area contributed by atoms with Crippen LogP contribution in [0.15, 0.2) is 78.9 Å². The van der Waals surface area contributed by atoms with Crippen LogP contribution in [-0.2, 0) is 12.8 Å². The van der Waals surface area contributed by atoms with Gasteiger partial charge >= 0.3 is 0 Å². The second kappa shape index (κ2) is 9.63.